The Balaban J connectivity index is 2.39. The topological polar surface area (TPSA) is 46.0 Å². The first-order chi connectivity index (χ1) is 8.75. The number of para-hydroxylation sites is 1. The zero-order valence-electron chi connectivity index (χ0n) is 9.34. The molecule has 4 heteroatoms. The normalized spacial score (nSPS) is 10.7. The van der Waals surface area contributed by atoms with Crippen LogP contribution in [-0.4, -0.2) is 15.1 Å². The Morgan fingerprint density at radius 2 is 1.89 bits per heavy atom. The molecule has 0 aliphatic carbocycles. The van der Waals surface area contributed by atoms with Crippen LogP contribution in [0.5, 0.6) is 5.75 Å². The van der Waals surface area contributed by atoms with Crippen molar-refractivity contribution in [3.05, 3.63) is 53.9 Å². The van der Waals surface area contributed by atoms with Crippen molar-refractivity contribution < 1.29 is 5.11 Å². The predicted octanol–water partition coefficient (Wildman–Crippen LogP) is 3.66. The van der Waals surface area contributed by atoms with Crippen LogP contribution >= 0.6 is 11.6 Å². The molecule has 0 saturated carbocycles. The van der Waals surface area contributed by atoms with E-state index in [0.29, 0.717) is 10.7 Å². The summed E-state index contributed by atoms with van der Waals surface area (Å²) in [5, 5.41) is 11.2. The molecule has 0 unspecified atom stereocenters. The summed E-state index contributed by atoms with van der Waals surface area (Å²) in [6.07, 6.45) is 3.35. The van der Waals surface area contributed by atoms with Crippen molar-refractivity contribution >= 4 is 22.5 Å². The van der Waals surface area contributed by atoms with Crippen LogP contribution in [0, 0.1) is 0 Å². The minimum atomic E-state index is 0.220. The van der Waals surface area contributed by atoms with Gasteiger partial charge in [0.15, 0.2) is 0 Å². The van der Waals surface area contributed by atoms with Crippen LogP contribution in [0.25, 0.3) is 22.0 Å². The summed E-state index contributed by atoms with van der Waals surface area (Å²) in [7, 11) is 0. The number of phenolic OH excluding ortho intramolecular Hbond substituents is 1. The molecule has 2 aromatic heterocycles. The molecule has 1 aromatic carbocycles. The average molecular weight is 257 g/mol. The molecule has 0 radical (unpaired) electrons. The molecule has 3 aromatic rings. The molecular formula is C14H9ClN2O. The van der Waals surface area contributed by atoms with E-state index in [-0.39, 0.29) is 5.75 Å². The van der Waals surface area contributed by atoms with Crippen molar-refractivity contribution in [1.82, 2.24) is 9.97 Å². The van der Waals surface area contributed by atoms with Gasteiger partial charge in [0.2, 0.25) is 0 Å². The number of fused-ring (bicyclic) bond motifs is 1. The number of aromatic nitrogens is 2. The molecule has 0 saturated heterocycles. The minimum absolute atomic E-state index is 0.220. The predicted molar refractivity (Wildman–Crippen MR) is 71.6 cm³/mol. The monoisotopic (exact) mass is 256 g/mol. The second-order valence-electron chi connectivity index (χ2n) is 3.90. The van der Waals surface area contributed by atoms with Gasteiger partial charge in [0.25, 0.3) is 0 Å². The maximum Gasteiger partial charge on any atom is 0.130 e. The maximum atomic E-state index is 9.94. The lowest BCUT2D eigenvalue weighted by Gasteiger charge is -2.08. The molecule has 0 bridgehead atoms. The number of halogens is 1. The Morgan fingerprint density at radius 3 is 2.72 bits per heavy atom. The lowest BCUT2D eigenvalue weighted by molar-refractivity contribution is 0.477. The number of nitrogens with zero attached hydrogens (tertiary/aromatic N) is 2. The average Bonchev–Trinajstić information content (AvgIpc) is 2.38. The summed E-state index contributed by atoms with van der Waals surface area (Å²) in [6.45, 7) is 0. The second kappa shape index (κ2) is 4.27. The zero-order valence-corrected chi connectivity index (χ0v) is 10.1. The van der Waals surface area contributed by atoms with Gasteiger partial charge in [0, 0.05) is 17.1 Å². The van der Waals surface area contributed by atoms with Gasteiger partial charge in [-0.15, -0.1) is 0 Å². The van der Waals surface area contributed by atoms with E-state index in [1.807, 2.05) is 18.2 Å². The van der Waals surface area contributed by atoms with Crippen LogP contribution in [0.15, 0.2) is 48.8 Å². The van der Waals surface area contributed by atoms with E-state index < -0.39 is 0 Å². The third-order valence-corrected chi connectivity index (χ3v) is 2.97. The van der Waals surface area contributed by atoms with Gasteiger partial charge >= 0.3 is 0 Å². The zero-order chi connectivity index (χ0) is 12.5. The van der Waals surface area contributed by atoms with Crippen LogP contribution < -0.4 is 0 Å². The van der Waals surface area contributed by atoms with Crippen molar-refractivity contribution in [2.75, 3.05) is 0 Å². The summed E-state index contributed by atoms with van der Waals surface area (Å²) in [5.41, 5.74) is 2.30. The smallest absolute Gasteiger partial charge is 0.130 e. The Bertz CT molecular complexity index is 728. The van der Waals surface area contributed by atoms with Crippen LogP contribution in [-0.2, 0) is 0 Å². The highest BCUT2D eigenvalue weighted by Crippen LogP contribution is 2.34. The minimum Gasteiger partial charge on any atom is -0.507 e. The first-order valence-electron chi connectivity index (χ1n) is 5.44. The number of aromatic hydroxyl groups is 1. The van der Waals surface area contributed by atoms with Gasteiger partial charge in [-0.3, -0.25) is 4.98 Å². The first-order valence-corrected chi connectivity index (χ1v) is 5.82. The van der Waals surface area contributed by atoms with Gasteiger partial charge in [-0.25, -0.2) is 4.98 Å². The van der Waals surface area contributed by atoms with Gasteiger partial charge in [0.1, 0.15) is 10.9 Å². The quantitative estimate of drug-likeness (QED) is 0.676. The van der Waals surface area contributed by atoms with Gasteiger partial charge in [-0.05, 0) is 23.8 Å². The SMILES string of the molecule is Oc1ccccc1-c1cc(Cl)nc2cnccc12. The highest BCUT2D eigenvalue weighted by molar-refractivity contribution is 6.30. The molecule has 0 aliphatic heterocycles. The Morgan fingerprint density at radius 1 is 1.06 bits per heavy atom. The molecule has 0 aliphatic rings. The number of rotatable bonds is 1. The largest absolute Gasteiger partial charge is 0.507 e. The summed E-state index contributed by atoms with van der Waals surface area (Å²) >= 11 is 6.01. The highest BCUT2D eigenvalue weighted by atomic mass is 35.5. The molecule has 0 amide bonds. The molecule has 3 nitrogen and oxygen atoms in total. The van der Waals surface area contributed by atoms with Crippen molar-refractivity contribution in [1.29, 1.82) is 0 Å². The van der Waals surface area contributed by atoms with Gasteiger partial charge < -0.3 is 5.11 Å². The molecule has 2 heterocycles. The summed E-state index contributed by atoms with van der Waals surface area (Å²) in [6, 6.07) is 10.8. The number of pyridine rings is 2. The van der Waals surface area contributed by atoms with E-state index in [9.17, 15) is 5.11 Å². The lowest BCUT2D eigenvalue weighted by Crippen LogP contribution is -1.87. The van der Waals surface area contributed by atoms with Crippen molar-refractivity contribution in [3.8, 4) is 16.9 Å². The van der Waals surface area contributed by atoms with E-state index >= 15 is 0 Å². The van der Waals surface area contributed by atoms with E-state index in [0.717, 1.165) is 16.5 Å². The van der Waals surface area contributed by atoms with Crippen LogP contribution in [0.2, 0.25) is 5.15 Å². The van der Waals surface area contributed by atoms with Gasteiger partial charge in [0.05, 0.1) is 11.7 Å². The molecule has 18 heavy (non-hydrogen) atoms. The first kappa shape index (κ1) is 11.0. The maximum absolute atomic E-state index is 9.94. The Hall–Kier alpha value is -2.13. The molecule has 3 rings (SSSR count). The van der Waals surface area contributed by atoms with Crippen molar-refractivity contribution in [3.63, 3.8) is 0 Å². The molecule has 0 spiro atoms. The summed E-state index contributed by atoms with van der Waals surface area (Å²) in [5.74, 6) is 0.220. The molecule has 88 valence electrons. The highest BCUT2D eigenvalue weighted by Gasteiger charge is 2.09. The number of phenols is 1. The molecule has 0 atom stereocenters. The third kappa shape index (κ3) is 1.79. The fraction of sp³-hybridized carbons (Fsp3) is 0. The Kier molecular flexibility index (Phi) is 2.61. The van der Waals surface area contributed by atoms with E-state index in [1.54, 1.807) is 30.6 Å². The standard InChI is InChI=1S/C14H9ClN2O/c15-14-7-11(10-3-1-2-4-13(10)18)9-5-6-16-8-12(9)17-14/h1-8,18H. The molecular weight excluding hydrogens is 248 g/mol. The molecule has 0 fully saturated rings. The van der Waals surface area contributed by atoms with Crippen LogP contribution in [0.1, 0.15) is 0 Å². The van der Waals surface area contributed by atoms with E-state index in [2.05, 4.69) is 9.97 Å². The van der Waals surface area contributed by atoms with Gasteiger partial charge in [-0.1, -0.05) is 29.8 Å². The fourth-order valence-electron chi connectivity index (χ4n) is 1.97. The van der Waals surface area contributed by atoms with Crippen molar-refractivity contribution in [2.24, 2.45) is 0 Å². The summed E-state index contributed by atoms with van der Waals surface area (Å²) in [4.78, 5) is 8.24. The summed E-state index contributed by atoms with van der Waals surface area (Å²) < 4.78 is 0. The number of hydrogen-bond acceptors (Lipinski definition) is 3. The van der Waals surface area contributed by atoms with Crippen LogP contribution in [0.3, 0.4) is 0 Å². The number of hydrogen-bond donors (Lipinski definition) is 1. The van der Waals surface area contributed by atoms with Gasteiger partial charge in [-0.2, -0.15) is 0 Å². The third-order valence-electron chi connectivity index (χ3n) is 2.78. The number of benzene rings is 1. The molecule has 1 N–H and O–H groups in total. The lowest BCUT2D eigenvalue weighted by atomic mass is 10.0. The van der Waals surface area contributed by atoms with E-state index in [4.69, 9.17) is 11.6 Å². The van der Waals surface area contributed by atoms with Crippen molar-refractivity contribution in [2.45, 2.75) is 0 Å². The second-order valence-corrected chi connectivity index (χ2v) is 4.29. The fourth-order valence-corrected chi connectivity index (χ4v) is 2.17. The van der Waals surface area contributed by atoms with E-state index in [1.165, 1.54) is 0 Å². The Labute approximate surface area is 109 Å². The van der Waals surface area contributed by atoms with Crippen LogP contribution in [0.4, 0.5) is 0 Å².